The average molecular weight is 310 g/mol. The van der Waals surface area contributed by atoms with Gasteiger partial charge in [-0.1, -0.05) is 37.1 Å². The van der Waals surface area contributed by atoms with Gasteiger partial charge in [-0.05, 0) is 24.6 Å². The Balaban J connectivity index is 1.88. The molecule has 4 nitrogen and oxygen atoms in total. The van der Waals surface area contributed by atoms with E-state index in [9.17, 15) is 4.79 Å². The Morgan fingerprint density at radius 2 is 1.95 bits per heavy atom. The Hall–Kier alpha value is -1.26. The molecule has 1 aliphatic rings. The highest BCUT2D eigenvalue weighted by Crippen LogP contribution is 2.26. The highest BCUT2D eigenvalue weighted by atomic mass is 35.5. The van der Waals surface area contributed by atoms with E-state index < -0.39 is 0 Å². The van der Waals surface area contributed by atoms with E-state index in [1.165, 1.54) is 0 Å². The van der Waals surface area contributed by atoms with Crippen LogP contribution in [0.4, 0.5) is 5.69 Å². The molecule has 1 aromatic carbocycles. The average Bonchev–Trinajstić information content (AvgIpc) is 2.53. The quantitative estimate of drug-likeness (QED) is 0.908. The first kappa shape index (κ1) is 16.1. The van der Waals surface area contributed by atoms with Crippen molar-refractivity contribution in [3.05, 3.63) is 29.3 Å². The number of nitrogens with two attached hydrogens (primary N) is 1. The molecule has 0 aromatic heterocycles. The number of carbonyl (C=O) groups is 1. The molecule has 0 spiro atoms. The van der Waals surface area contributed by atoms with Gasteiger partial charge in [-0.2, -0.15) is 0 Å². The predicted octanol–water partition coefficient (Wildman–Crippen LogP) is 2.36. The molecule has 116 valence electrons. The largest absolute Gasteiger partial charge is 0.367 e. The van der Waals surface area contributed by atoms with E-state index in [4.69, 9.17) is 17.3 Å². The number of benzene rings is 1. The van der Waals surface area contributed by atoms with Crippen LogP contribution in [0.25, 0.3) is 0 Å². The summed E-state index contributed by atoms with van der Waals surface area (Å²) in [4.78, 5) is 16.5. The van der Waals surface area contributed by atoms with E-state index in [2.05, 4.69) is 11.8 Å². The van der Waals surface area contributed by atoms with Crippen LogP contribution in [0.15, 0.2) is 24.3 Å². The molecule has 1 saturated heterocycles. The molecule has 0 aliphatic carbocycles. The van der Waals surface area contributed by atoms with Gasteiger partial charge in [0.2, 0.25) is 5.91 Å². The van der Waals surface area contributed by atoms with E-state index in [0.717, 1.165) is 43.3 Å². The third-order valence-electron chi connectivity index (χ3n) is 4.20. The second-order valence-corrected chi connectivity index (χ2v) is 5.94. The van der Waals surface area contributed by atoms with Crippen LogP contribution in [0.5, 0.6) is 0 Å². The van der Waals surface area contributed by atoms with E-state index in [-0.39, 0.29) is 5.91 Å². The van der Waals surface area contributed by atoms with Gasteiger partial charge in [0.05, 0.1) is 10.7 Å². The Morgan fingerprint density at radius 1 is 1.29 bits per heavy atom. The van der Waals surface area contributed by atoms with Gasteiger partial charge >= 0.3 is 0 Å². The van der Waals surface area contributed by atoms with Crippen LogP contribution in [-0.2, 0) is 4.79 Å². The fourth-order valence-electron chi connectivity index (χ4n) is 2.68. The third kappa shape index (κ3) is 4.11. The molecule has 1 fully saturated rings. The predicted molar refractivity (Wildman–Crippen MR) is 87.7 cm³/mol. The second kappa shape index (κ2) is 7.66. The maximum absolute atomic E-state index is 12.3. The first-order chi connectivity index (χ1) is 10.2. The lowest BCUT2D eigenvalue weighted by Gasteiger charge is -2.37. The van der Waals surface area contributed by atoms with Gasteiger partial charge in [0.25, 0.3) is 0 Å². The highest BCUT2D eigenvalue weighted by Gasteiger charge is 2.23. The number of anilines is 1. The molecule has 0 radical (unpaired) electrons. The van der Waals surface area contributed by atoms with E-state index in [0.29, 0.717) is 18.9 Å². The van der Waals surface area contributed by atoms with Gasteiger partial charge in [-0.25, -0.2) is 0 Å². The molecule has 1 aliphatic heterocycles. The minimum atomic E-state index is 0.228. The monoisotopic (exact) mass is 309 g/mol. The molecule has 0 saturated carbocycles. The standard InChI is InChI=1S/C16H24ClN3O/c1-2-13(12-18)11-16(21)20-9-7-19(8-10-20)15-6-4-3-5-14(15)17/h3-6,13H,2,7-12,18H2,1H3. The zero-order valence-electron chi connectivity index (χ0n) is 12.6. The van der Waals surface area contributed by atoms with Crippen molar-refractivity contribution in [1.29, 1.82) is 0 Å². The molecule has 1 heterocycles. The number of piperazine rings is 1. The van der Waals surface area contributed by atoms with Crippen molar-refractivity contribution in [3.63, 3.8) is 0 Å². The molecule has 21 heavy (non-hydrogen) atoms. The minimum Gasteiger partial charge on any atom is -0.367 e. The number of carbonyl (C=O) groups excluding carboxylic acids is 1. The SMILES string of the molecule is CCC(CN)CC(=O)N1CCN(c2ccccc2Cl)CC1. The summed E-state index contributed by atoms with van der Waals surface area (Å²) in [5.41, 5.74) is 6.74. The zero-order chi connectivity index (χ0) is 15.2. The third-order valence-corrected chi connectivity index (χ3v) is 4.52. The van der Waals surface area contributed by atoms with Crippen LogP contribution in [0.3, 0.4) is 0 Å². The van der Waals surface area contributed by atoms with Crippen molar-refractivity contribution < 1.29 is 4.79 Å². The molecule has 0 bridgehead atoms. The maximum Gasteiger partial charge on any atom is 0.223 e. The topological polar surface area (TPSA) is 49.6 Å². The normalized spacial score (nSPS) is 16.9. The van der Waals surface area contributed by atoms with Crippen molar-refractivity contribution in [1.82, 2.24) is 4.90 Å². The number of para-hydroxylation sites is 1. The summed E-state index contributed by atoms with van der Waals surface area (Å²) >= 11 is 6.23. The summed E-state index contributed by atoms with van der Waals surface area (Å²) < 4.78 is 0. The summed E-state index contributed by atoms with van der Waals surface area (Å²) in [5.74, 6) is 0.533. The Bertz CT molecular complexity index is 468. The van der Waals surface area contributed by atoms with Crippen molar-refractivity contribution in [3.8, 4) is 0 Å². The molecule has 1 aromatic rings. The number of amides is 1. The molecule has 2 rings (SSSR count). The summed E-state index contributed by atoms with van der Waals surface area (Å²) in [6.07, 6.45) is 1.53. The van der Waals surface area contributed by atoms with Crippen LogP contribution in [-0.4, -0.2) is 43.5 Å². The lowest BCUT2D eigenvalue weighted by atomic mass is 10.0. The van der Waals surface area contributed by atoms with Crippen molar-refractivity contribution in [2.45, 2.75) is 19.8 Å². The van der Waals surface area contributed by atoms with Gasteiger partial charge in [-0.15, -0.1) is 0 Å². The highest BCUT2D eigenvalue weighted by molar-refractivity contribution is 6.33. The number of hydrogen-bond acceptors (Lipinski definition) is 3. The minimum absolute atomic E-state index is 0.228. The van der Waals surface area contributed by atoms with Crippen LogP contribution in [0.1, 0.15) is 19.8 Å². The summed E-state index contributed by atoms with van der Waals surface area (Å²) in [5, 5.41) is 0.770. The lowest BCUT2D eigenvalue weighted by molar-refractivity contribution is -0.132. The van der Waals surface area contributed by atoms with Crippen LogP contribution in [0.2, 0.25) is 5.02 Å². The van der Waals surface area contributed by atoms with Gasteiger partial charge in [0.15, 0.2) is 0 Å². The summed E-state index contributed by atoms with van der Waals surface area (Å²) in [6.45, 7) is 5.84. The second-order valence-electron chi connectivity index (χ2n) is 5.53. The lowest BCUT2D eigenvalue weighted by Crippen LogP contribution is -2.49. The molecule has 2 N–H and O–H groups in total. The summed E-state index contributed by atoms with van der Waals surface area (Å²) in [6, 6.07) is 7.86. The molecular weight excluding hydrogens is 286 g/mol. The van der Waals surface area contributed by atoms with Gasteiger partial charge < -0.3 is 15.5 Å². The van der Waals surface area contributed by atoms with Crippen molar-refractivity contribution in [2.24, 2.45) is 11.7 Å². The van der Waals surface area contributed by atoms with Crippen LogP contribution >= 0.6 is 11.6 Å². The van der Waals surface area contributed by atoms with Crippen LogP contribution in [0, 0.1) is 5.92 Å². The number of nitrogens with zero attached hydrogens (tertiary/aromatic N) is 2. The molecule has 5 heteroatoms. The first-order valence-electron chi connectivity index (χ1n) is 7.63. The van der Waals surface area contributed by atoms with Crippen LogP contribution < -0.4 is 10.6 Å². The smallest absolute Gasteiger partial charge is 0.223 e. The molecule has 1 unspecified atom stereocenters. The van der Waals surface area contributed by atoms with Gasteiger partial charge in [-0.3, -0.25) is 4.79 Å². The fourth-order valence-corrected chi connectivity index (χ4v) is 2.93. The van der Waals surface area contributed by atoms with E-state index in [1.54, 1.807) is 0 Å². The molecule has 1 atom stereocenters. The van der Waals surface area contributed by atoms with Crippen molar-refractivity contribution in [2.75, 3.05) is 37.6 Å². The molecular formula is C16H24ClN3O. The molecule has 1 amide bonds. The Labute approximate surface area is 131 Å². The van der Waals surface area contributed by atoms with E-state index >= 15 is 0 Å². The maximum atomic E-state index is 12.3. The number of hydrogen-bond donors (Lipinski definition) is 1. The first-order valence-corrected chi connectivity index (χ1v) is 8.00. The number of rotatable bonds is 5. The van der Waals surface area contributed by atoms with Gasteiger partial charge in [0, 0.05) is 32.6 Å². The summed E-state index contributed by atoms with van der Waals surface area (Å²) in [7, 11) is 0. The fraction of sp³-hybridized carbons (Fsp3) is 0.562. The van der Waals surface area contributed by atoms with E-state index in [1.807, 2.05) is 29.2 Å². The number of halogens is 1. The van der Waals surface area contributed by atoms with Gasteiger partial charge in [0.1, 0.15) is 0 Å². The zero-order valence-corrected chi connectivity index (χ0v) is 13.4. The van der Waals surface area contributed by atoms with Crippen molar-refractivity contribution >= 4 is 23.2 Å². The Kier molecular flexibility index (Phi) is 5.88. The Morgan fingerprint density at radius 3 is 2.52 bits per heavy atom.